The van der Waals surface area contributed by atoms with Gasteiger partial charge in [0.1, 0.15) is 0 Å². The molecule has 0 aromatic carbocycles. The summed E-state index contributed by atoms with van der Waals surface area (Å²) in [4.78, 5) is 0. The van der Waals surface area contributed by atoms with E-state index in [0.717, 1.165) is 0 Å². The van der Waals surface area contributed by atoms with E-state index in [-0.39, 0.29) is 70.0 Å². The summed E-state index contributed by atoms with van der Waals surface area (Å²) in [5.74, 6) is 0. The van der Waals surface area contributed by atoms with E-state index in [4.69, 9.17) is 0 Å². The first kappa shape index (κ1) is 13000. The highest BCUT2D eigenvalue weighted by molar-refractivity contribution is 2.14. The van der Waals surface area contributed by atoms with Crippen LogP contribution in [0.15, 0.2) is 0 Å². The predicted molar refractivity (Wildman–Crippen MR) is 33.7 cm³/mol. The third-order valence-corrected chi connectivity index (χ3v) is 0. The maximum Gasteiger partial charge on any atom is -0.369 e. The number of hydrogen-bond donors (Lipinski definition) is 2. The molecule has 10 heavy (non-hydrogen) atoms. The summed E-state index contributed by atoms with van der Waals surface area (Å²) in [6, 6.07) is 0. The van der Waals surface area contributed by atoms with Crippen molar-refractivity contribution in [3.8, 4) is 0 Å². The van der Waals surface area contributed by atoms with Gasteiger partial charge in [0.25, 0.3) is 0 Å². The second-order valence-corrected chi connectivity index (χ2v) is 0. The van der Waals surface area contributed by atoms with Crippen molar-refractivity contribution in [3.63, 3.8) is 0 Å². The topological polar surface area (TPSA) is 262 Å². The monoisotopic (exact) mass is 214 g/mol. The SMILES string of the molecule is O.O.O.O.O.O.[Cl-].[Cl-].[NH4+].[NH4+]. The minimum atomic E-state index is 0. The van der Waals surface area contributed by atoms with Crippen LogP contribution in [0.4, 0.5) is 0 Å². The Morgan fingerprint density at radius 2 is 0.300 bits per heavy atom. The lowest BCUT2D eigenvalue weighted by atomic mass is 14.0. The minimum absolute atomic E-state index is 0. The molecule has 0 fully saturated rings. The van der Waals surface area contributed by atoms with Gasteiger partial charge in [-0.2, -0.15) is 0 Å². The maximum absolute atomic E-state index is 0. The molecule has 0 aliphatic rings. The van der Waals surface area contributed by atoms with Crippen molar-refractivity contribution in [2.24, 2.45) is 0 Å². The normalized spacial score (nSPS) is 0. The molecule has 0 amide bonds. The zero-order valence-electron chi connectivity index (χ0n) is 5.76. The Labute approximate surface area is 70.8 Å². The van der Waals surface area contributed by atoms with Crippen LogP contribution in [-0.4, -0.2) is 32.9 Å². The molecule has 10 heteroatoms. The van der Waals surface area contributed by atoms with Gasteiger partial charge in [-0.3, -0.25) is 0 Å². The zero-order chi connectivity index (χ0) is 0. The van der Waals surface area contributed by atoms with Gasteiger partial charge in [-0.15, -0.1) is 0 Å². The molecule has 80 valence electrons. The fraction of sp³-hybridized carbons (Fsp3) is 0. The molecular formula is H20Cl2N2O6. The molecule has 0 unspecified atom stereocenters. The number of halogens is 2. The summed E-state index contributed by atoms with van der Waals surface area (Å²) in [6.07, 6.45) is 0. The predicted octanol–water partition coefficient (Wildman–Crippen LogP) is -10.2. The van der Waals surface area contributed by atoms with Crippen molar-refractivity contribution < 1.29 is 57.7 Å². The van der Waals surface area contributed by atoms with E-state index in [1.54, 1.807) is 0 Å². The fourth-order valence-corrected chi connectivity index (χ4v) is 0. The maximum atomic E-state index is 0. The van der Waals surface area contributed by atoms with E-state index in [0.29, 0.717) is 0 Å². The van der Waals surface area contributed by atoms with Crippen LogP contribution < -0.4 is 37.1 Å². The van der Waals surface area contributed by atoms with Crippen LogP contribution in [-0.2, 0) is 0 Å². The van der Waals surface area contributed by atoms with Crippen molar-refractivity contribution in [2.75, 3.05) is 0 Å². The van der Waals surface area contributed by atoms with E-state index in [1.165, 1.54) is 0 Å². The van der Waals surface area contributed by atoms with Gasteiger partial charge in [-0.05, 0) is 0 Å². The van der Waals surface area contributed by atoms with Crippen molar-refractivity contribution >= 4 is 0 Å². The molecule has 0 aromatic heterocycles. The third kappa shape index (κ3) is 6440. The van der Waals surface area contributed by atoms with Gasteiger partial charge in [-0.1, -0.05) is 0 Å². The van der Waals surface area contributed by atoms with Crippen LogP contribution in [0.3, 0.4) is 0 Å². The van der Waals surface area contributed by atoms with Gasteiger partial charge < -0.3 is 70.0 Å². The minimum Gasteiger partial charge on any atom is -1.00 e. The third-order valence-electron chi connectivity index (χ3n) is 0. The first-order chi connectivity index (χ1) is 0. The number of hydrogen-bond acceptors (Lipinski definition) is 0. The van der Waals surface area contributed by atoms with Gasteiger partial charge in [0, 0.05) is 0 Å². The molecule has 0 aromatic rings. The van der Waals surface area contributed by atoms with Crippen LogP contribution in [0, 0.1) is 0 Å². The van der Waals surface area contributed by atoms with E-state index in [9.17, 15) is 0 Å². The quantitative estimate of drug-likeness (QED) is 0.380. The molecule has 0 bridgehead atoms. The van der Waals surface area contributed by atoms with Crippen molar-refractivity contribution in [1.82, 2.24) is 12.3 Å². The van der Waals surface area contributed by atoms with Crippen LogP contribution in [0.2, 0.25) is 0 Å². The molecule has 0 aliphatic carbocycles. The smallest absolute Gasteiger partial charge is 0.369 e. The van der Waals surface area contributed by atoms with Crippen molar-refractivity contribution in [1.29, 1.82) is 0 Å². The first-order valence-electron chi connectivity index (χ1n) is 0. The van der Waals surface area contributed by atoms with Crippen molar-refractivity contribution in [2.45, 2.75) is 0 Å². The Morgan fingerprint density at radius 1 is 0.300 bits per heavy atom. The Kier molecular flexibility index (Phi) is 12200000. The first-order valence-corrected chi connectivity index (χ1v) is 0. The molecule has 0 aliphatic heterocycles. The highest BCUT2D eigenvalue weighted by atomic mass is 35.5. The van der Waals surface area contributed by atoms with Gasteiger partial charge in [0.2, 0.25) is 0 Å². The summed E-state index contributed by atoms with van der Waals surface area (Å²) in [6.45, 7) is 0. The second-order valence-electron chi connectivity index (χ2n) is 0. The van der Waals surface area contributed by atoms with Crippen LogP contribution >= 0.6 is 0 Å². The summed E-state index contributed by atoms with van der Waals surface area (Å²) in [7, 11) is 0. The van der Waals surface area contributed by atoms with Gasteiger partial charge in [-0.25, -0.2) is 0 Å². The van der Waals surface area contributed by atoms with Crippen LogP contribution in [0.1, 0.15) is 0 Å². The molecule has 0 heterocycles. The van der Waals surface area contributed by atoms with Gasteiger partial charge >= 0.3 is 0 Å². The van der Waals surface area contributed by atoms with Crippen molar-refractivity contribution in [3.05, 3.63) is 0 Å². The van der Waals surface area contributed by atoms with E-state index < -0.39 is 0 Å². The van der Waals surface area contributed by atoms with E-state index in [1.807, 2.05) is 0 Å². The Morgan fingerprint density at radius 3 is 0.300 bits per heavy atom. The highest BCUT2D eigenvalue weighted by Crippen LogP contribution is -0.284. The van der Waals surface area contributed by atoms with E-state index in [2.05, 4.69) is 0 Å². The lowest BCUT2D eigenvalue weighted by molar-refractivity contribution is -0.001000. The van der Waals surface area contributed by atoms with Gasteiger partial charge in [0.05, 0.1) is 0 Å². The van der Waals surface area contributed by atoms with Crippen LogP contribution in [0.5, 0.6) is 0 Å². The molecule has 8 nitrogen and oxygen atoms in total. The average Bonchev–Trinajstić information content (AvgIpc) is 0. The fourth-order valence-electron chi connectivity index (χ4n) is 0. The van der Waals surface area contributed by atoms with Crippen LogP contribution in [0.25, 0.3) is 0 Å². The summed E-state index contributed by atoms with van der Waals surface area (Å²) in [5.41, 5.74) is 0. The summed E-state index contributed by atoms with van der Waals surface area (Å²) < 4.78 is 0. The molecule has 0 saturated carbocycles. The largest absolute Gasteiger partial charge is 1.00 e. The highest BCUT2D eigenvalue weighted by Gasteiger charge is -0.368. The summed E-state index contributed by atoms with van der Waals surface area (Å²) >= 11 is 0. The molecule has 20 N–H and O–H groups in total. The average molecular weight is 215 g/mol. The number of quaternary nitrogens is 2. The lowest BCUT2D eigenvalue weighted by Gasteiger charge is -1.00. The molecule has 0 saturated heterocycles. The van der Waals surface area contributed by atoms with E-state index >= 15 is 0 Å². The molecule has 0 radical (unpaired) electrons. The lowest BCUT2D eigenvalue weighted by Crippen LogP contribution is -3.00. The Hall–Kier alpha value is 0.260. The molecule has 0 spiro atoms. The molecule has 0 rings (SSSR count). The Balaban J connectivity index is 0. The zero-order valence-corrected chi connectivity index (χ0v) is 7.27. The number of rotatable bonds is 0. The summed E-state index contributed by atoms with van der Waals surface area (Å²) in [5, 5.41) is 0. The van der Waals surface area contributed by atoms with Gasteiger partial charge in [0.15, 0.2) is 0 Å². The standard InChI is InChI=1S/2ClH.2H3N.6H2O/h2*1H;2*1H3;6*1H2. The molecule has 0 atom stereocenters. The molecular weight excluding hydrogens is 195 g/mol. The Bertz CT molecular complexity index is 13.7. The second kappa shape index (κ2) is 9350.